The fraction of sp³-hybridized carbons (Fsp3) is 0.0526. The molecule has 0 saturated carbocycles. The highest BCUT2D eigenvalue weighted by Gasteiger charge is 2.21. The van der Waals surface area contributed by atoms with Crippen molar-refractivity contribution in [2.75, 3.05) is 11.9 Å². The first-order chi connectivity index (χ1) is 11.6. The van der Waals surface area contributed by atoms with Gasteiger partial charge in [-0.1, -0.05) is 30.3 Å². The van der Waals surface area contributed by atoms with Gasteiger partial charge in [0, 0.05) is 18.8 Å². The number of nitrogens with zero attached hydrogens (tertiary/aromatic N) is 1. The molecular weight excluding hydrogens is 306 g/mol. The predicted molar refractivity (Wildman–Crippen MR) is 91.4 cm³/mol. The Morgan fingerprint density at radius 3 is 2.42 bits per heavy atom. The molecule has 2 aromatic carbocycles. The van der Waals surface area contributed by atoms with Crippen molar-refractivity contribution in [1.29, 1.82) is 0 Å². The van der Waals surface area contributed by atoms with Gasteiger partial charge in [-0.2, -0.15) is 0 Å². The Morgan fingerprint density at radius 1 is 0.917 bits per heavy atom. The average molecular weight is 319 g/mol. The molecule has 4 rings (SSSR count). The predicted octanol–water partition coefficient (Wildman–Crippen LogP) is 3.82. The molecule has 0 saturated heterocycles. The van der Waals surface area contributed by atoms with E-state index in [2.05, 4.69) is 0 Å². The van der Waals surface area contributed by atoms with E-state index in [9.17, 15) is 9.59 Å². The van der Waals surface area contributed by atoms with E-state index in [1.54, 1.807) is 31.3 Å². The molecule has 0 aliphatic carbocycles. The van der Waals surface area contributed by atoms with E-state index in [0.717, 1.165) is 5.69 Å². The van der Waals surface area contributed by atoms with Crippen molar-refractivity contribution in [2.45, 2.75) is 0 Å². The summed E-state index contributed by atoms with van der Waals surface area (Å²) < 4.78 is 11.1. The lowest BCUT2D eigenvalue weighted by Crippen LogP contribution is -2.25. The second-order valence-electron chi connectivity index (χ2n) is 5.44. The Bertz CT molecular complexity index is 1110. The molecule has 1 amide bonds. The number of benzene rings is 2. The highest BCUT2D eigenvalue weighted by atomic mass is 16.5. The van der Waals surface area contributed by atoms with Crippen LogP contribution >= 0.6 is 0 Å². The Hall–Kier alpha value is -3.34. The third-order valence-corrected chi connectivity index (χ3v) is 3.94. The van der Waals surface area contributed by atoms with Gasteiger partial charge >= 0.3 is 5.78 Å². The number of anilines is 1. The number of para-hydroxylation sites is 2. The molecular formula is C19H13NO4. The summed E-state index contributed by atoms with van der Waals surface area (Å²) in [7, 11) is 1.65. The molecule has 5 heteroatoms. The van der Waals surface area contributed by atoms with Crippen LogP contribution in [0.3, 0.4) is 0 Å². The number of rotatable bonds is 2. The molecule has 0 aliphatic heterocycles. The van der Waals surface area contributed by atoms with Crippen LogP contribution in [-0.4, -0.2) is 13.0 Å². The lowest BCUT2D eigenvalue weighted by Gasteiger charge is -2.15. The van der Waals surface area contributed by atoms with E-state index in [0.29, 0.717) is 11.0 Å². The molecule has 0 spiro atoms. The minimum absolute atomic E-state index is 0.0588. The van der Waals surface area contributed by atoms with Gasteiger partial charge in [-0.05, 0) is 24.3 Å². The third kappa shape index (κ3) is 2.18. The van der Waals surface area contributed by atoms with Gasteiger partial charge in [-0.3, -0.25) is 9.59 Å². The molecule has 5 nitrogen and oxygen atoms in total. The van der Waals surface area contributed by atoms with E-state index in [1.165, 1.54) is 11.0 Å². The third-order valence-electron chi connectivity index (χ3n) is 3.94. The van der Waals surface area contributed by atoms with Gasteiger partial charge in [0.1, 0.15) is 11.0 Å². The number of carbonyl (C=O) groups is 1. The van der Waals surface area contributed by atoms with Gasteiger partial charge < -0.3 is 13.7 Å². The highest BCUT2D eigenvalue weighted by Crippen LogP contribution is 2.23. The summed E-state index contributed by atoms with van der Waals surface area (Å²) in [5.41, 5.74) is 0.948. The molecule has 2 aromatic heterocycles. The summed E-state index contributed by atoms with van der Waals surface area (Å²) in [6, 6.07) is 17.5. The van der Waals surface area contributed by atoms with E-state index in [-0.39, 0.29) is 28.3 Å². The molecule has 2 heterocycles. The van der Waals surface area contributed by atoms with Gasteiger partial charge in [0.15, 0.2) is 5.76 Å². The van der Waals surface area contributed by atoms with Gasteiger partial charge in [-0.15, -0.1) is 0 Å². The zero-order chi connectivity index (χ0) is 16.7. The summed E-state index contributed by atoms with van der Waals surface area (Å²) in [5.74, 6) is -0.230. The first kappa shape index (κ1) is 14.3. The fourth-order valence-electron chi connectivity index (χ4n) is 2.64. The summed E-state index contributed by atoms with van der Waals surface area (Å²) in [5, 5.41) is 0.722. The number of amides is 1. The Morgan fingerprint density at radius 2 is 1.62 bits per heavy atom. The average Bonchev–Trinajstić information content (AvgIpc) is 3.06. The van der Waals surface area contributed by atoms with Crippen molar-refractivity contribution in [2.24, 2.45) is 0 Å². The SMILES string of the molecule is CN(C(=O)c1cc2c(=O)c3ccccc3oc2o1)c1ccccc1. The van der Waals surface area contributed by atoms with Gasteiger partial charge in [0.05, 0.1) is 5.39 Å². The lowest BCUT2D eigenvalue weighted by atomic mass is 10.2. The number of furan rings is 1. The van der Waals surface area contributed by atoms with E-state index < -0.39 is 0 Å². The molecule has 0 radical (unpaired) electrons. The molecule has 118 valence electrons. The van der Waals surface area contributed by atoms with Gasteiger partial charge in [-0.25, -0.2) is 0 Å². The Kier molecular flexibility index (Phi) is 3.20. The minimum atomic E-state index is -0.351. The Labute approximate surface area is 136 Å². The van der Waals surface area contributed by atoms with Crippen molar-refractivity contribution in [1.82, 2.24) is 0 Å². The van der Waals surface area contributed by atoms with Crippen LogP contribution in [-0.2, 0) is 0 Å². The van der Waals surface area contributed by atoms with Crippen molar-refractivity contribution < 1.29 is 13.6 Å². The smallest absolute Gasteiger partial charge is 0.302 e. The minimum Gasteiger partial charge on any atom is -0.425 e. The monoisotopic (exact) mass is 319 g/mol. The second kappa shape index (κ2) is 5.38. The lowest BCUT2D eigenvalue weighted by molar-refractivity contribution is 0.0967. The molecule has 24 heavy (non-hydrogen) atoms. The summed E-state index contributed by atoms with van der Waals surface area (Å²) in [6.07, 6.45) is 0. The number of hydrogen-bond donors (Lipinski definition) is 0. The number of hydrogen-bond acceptors (Lipinski definition) is 4. The van der Waals surface area contributed by atoms with Crippen LogP contribution in [0.5, 0.6) is 0 Å². The van der Waals surface area contributed by atoms with Gasteiger partial charge in [0.25, 0.3) is 5.91 Å². The van der Waals surface area contributed by atoms with Crippen LogP contribution in [0.15, 0.2) is 74.3 Å². The van der Waals surface area contributed by atoms with Crippen LogP contribution in [0, 0.1) is 0 Å². The molecule has 0 aliphatic rings. The zero-order valence-electron chi connectivity index (χ0n) is 12.9. The normalized spacial score (nSPS) is 11.0. The zero-order valence-corrected chi connectivity index (χ0v) is 12.9. The quantitative estimate of drug-likeness (QED) is 0.563. The summed E-state index contributed by atoms with van der Waals surface area (Å²) in [6.45, 7) is 0. The van der Waals surface area contributed by atoms with E-state index >= 15 is 0 Å². The van der Waals surface area contributed by atoms with Crippen molar-refractivity contribution in [3.05, 3.63) is 76.6 Å². The van der Waals surface area contributed by atoms with Crippen molar-refractivity contribution in [3.63, 3.8) is 0 Å². The Balaban J connectivity index is 1.83. The molecule has 0 N–H and O–H groups in total. The van der Waals surface area contributed by atoms with E-state index in [1.807, 2.05) is 30.3 Å². The maximum Gasteiger partial charge on any atom is 0.302 e. The van der Waals surface area contributed by atoms with Crippen molar-refractivity contribution in [3.8, 4) is 0 Å². The molecule has 0 fully saturated rings. The van der Waals surface area contributed by atoms with Crippen LogP contribution < -0.4 is 10.3 Å². The maximum absolute atomic E-state index is 12.6. The highest BCUT2D eigenvalue weighted by molar-refractivity contribution is 6.06. The van der Waals surface area contributed by atoms with Gasteiger partial charge in [0.2, 0.25) is 5.43 Å². The van der Waals surface area contributed by atoms with Crippen molar-refractivity contribution >= 4 is 33.7 Å². The molecule has 0 bridgehead atoms. The fourth-order valence-corrected chi connectivity index (χ4v) is 2.64. The number of fused-ring (bicyclic) bond motifs is 2. The van der Waals surface area contributed by atoms with E-state index in [4.69, 9.17) is 8.83 Å². The van der Waals surface area contributed by atoms with Crippen LogP contribution in [0.1, 0.15) is 10.6 Å². The molecule has 0 unspecified atom stereocenters. The summed E-state index contributed by atoms with van der Waals surface area (Å²) >= 11 is 0. The molecule has 4 aromatic rings. The largest absolute Gasteiger partial charge is 0.425 e. The standard InChI is InChI=1S/C19H13NO4/c1-20(12-7-3-2-4-8-12)18(22)16-11-14-17(21)13-9-5-6-10-15(13)23-19(14)24-16/h2-11H,1H3. The first-order valence-corrected chi connectivity index (χ1v) is 7.43. The topological polar surface area (TPSA) is 63.7 Å². The molecule has 0 atom stereocenters. The van der Waals surface area contributed by atoms with Crippen LogP contribution in [0.4, 0.5) is 5.69 Å². The second-order valence-corrected chi connectivity index (χ2v) is 5.44. The first-order valence-electron chi connectivity index (χ1n) is 7.43. The van der Waals surface area contributed by atoms with Crippen LogP contribution in [0.2, 0.25) is 0 Å². The number of carbonyl (C=O) groups excluding carboxylic acids is 1. The maximum atomic E-state index is 12.6. The summed E-state index contributed by atoms with van der Waals surface area (Å²) in [4.78, 5) is 26.6. The van der Waals surface area contributed by atoms with Crippen LogP contribution in [0.25, 0.3) is 22.1 Å².